The predicted molar refractivity (Wildman–Crippen MR) is 73.5 cm³/mol. The number of primary amides is 1. The fourth-order valence-electron chi connectivity index (χ4n) is 3.22. The van der Waals surface area contributed by atoms with Gasteiger partial charge in [-0.1, -0.05) is 18.2 Å². The first-order valence-corrected chi connectivity index (χ1v) is 6.61. The topological polar surface area (TPSA) is 113 Å². The van der Waals surface area contributed by atoms with Crippen LogP contribution in [0.1, 0.15) is 12.0 Å². The van der Waals surface area contributed by atoms with Crippen molar-refractivity contribution in [3.63, 3.8) is 0 Å². The molecular weight excluding hydrogens is 274 g/mol. The monoisotopic (exact) mass is 289 g/mol. The first-order valence-electron chi connectivity index (χ1n) is 6.61. The molecule has 2 heterocycles. The second-order valence-electron chi connectivity index (χ2n) is 5.60. The quantitative estimate of drug-likeness (QED) is 0.694. The van der Waals surface area contributed by atoms with Crippen molar-refractivity contribution in [2.45, 2.75) is 18.9 Å². The van der Waals surface area contributed by atoms with Crippen LogP contribution in [0.3, 0.4) is 0 Å². The number of benzene rings is 1. The highest BCUT2D eigenvalue weighted by molar-refractivity contribution is 6.00. The minimum atomic E-state index is -1.23. The Balaban J connectivity index is 1.97. The first-order chi connectivity index (χ1) is 9.93. The number of carboxylic acid groups (broad SMARTS) is 1. The molecule has 21 heavy (non-hydrogen) atoms. The van der Waals surface area contributed by atoms with Gasteiger partial charge in [0.05, 0.1) is 5.41 Å². The number of nitrogens with two attached hydrogens (primary N) is 1. The van der Waals surface area contributed by atoms with Crippen LogP contribution >= 0.6 is 0 Å². The summed E-state index contributed by atoms with van der Waals surface area (Å²) >= 11 is 0. The van der Waals surface area contributed by atoms with Crippen LogP contribution in [0.5, 0.6) is 0 Å². The van der Waals surface area contributed by atoms with Crippen molar-refractivity contribution in [2.75, 3.05) is 11.9 Å². The molecule has 0 aromatic heterocycles. The summed E-state index contributed by atoms with van der Waals surface area (Å²) in [6.45, 7) is -0.0178. The Labute approximate surface area is 120 Å². The molecule has 7 heteroatoms. The second-order valence-corrected chi connectivity index (χ2v) is 5.60. The van der Waals surface area contributed by atoms with Crippen LogP contribution < -0.4 is 11.1 Å². The lowest BCUT2D eigenvalue weighted by atomic mass is 9.76. The zero-order valence-electron chi connectivity index (χ0n) is 11.2. The van der Waals surface area contributed by atoms with Crippen molar-refractivity contribution < 1.29 is 19.5 Å². The number of likely N-dealkylation sites (tertiary alicyclic amines) is 1. The molecule has 0 unspecified atom stereocenters. The van der Waals surface area contributed by atoms with Crippen LogP contribution in [-0.2, 0) is 16.0 Å². The number of nitrogens with one attached hydrogen (secondary N) is 1. The molecular formula is C14H15N3O4. The smallest absolute Gasteiger partial charge is 0.408 e. The van der Waals surface area contributed by atoms with E-state index in [1.165, 1.54) is 0 Å². The molecule has 1 aromatic rings. The van der Waals surface area contributed by atoms with Gasteiger partial charge in [0.2, 0.25) is 11.8 Å². The highest BCUT2D eigenvalue weighted by Gasteiger charge is 2.54. The van der Waals surface area contributed by atoms with Crippen LogP contribution in [0.2, 0.25) is 0 Å². The van der Waals surface area contributed by atoms with Crippen molar-refractivity contribution in [1.82, 2.24) is 4.90 Å². The van der Waals surface area contributed by atoms with Crippen LogP contribution in [-0.4, -0.2) is 40.5 Å². The van der Waals surface area contributed by atoms with Gasteiger partial charge in [0.15, 0.2) is 0 Å². The van der Waals surface area contributed by atoms with Gasteiger partial charge in [-0.2, -0.15) is 0 Å². The molecule has 1 fully saturated rings. The Morgan fingerprint density at radius 2 is 2.10 bits per heavy atom. The average Bonchev–Trinajstić information content (AvgIpc) is 2.81. The zero-order chi connectivity index (χ0) is 15.2. The zero-order valence-corrected chi connectivity index (χ0v) is 11.2. The van der Waals surface area contributed by atoms with Crippen LogP contribution in [0.25, 0.3) is 0 Å². The third-order valence-corrected chi connectivity index (χ3v) is 4.28. The lowest BCUT2D eigenvalue weighted by Crippen LogP contribution is -2.45. The number of anilines is 1. The Morgan fingerprint density at radius 1 is 1.38 bits per heavy atom. The Kier molecular flexibility index (Phi) is 2.86. The molecule has 2 aliphatic rings. The van der Waals surface area contributed by atoms with Crippen molar-refractivity contribution in [3.8, 4) is 0 Å². The van der Waals surface area contributed by atoms with E-state index in [1.807, 2.05) is 18.2 Å². The molecule has 1 aromatic carbocycles. The predicted octanol–water partition coefficient (Wildman–Crippen LogP) is 0.405. The minimum Gasteiger partial charge on any atom is -0.465 e. The summed E-state index contributed by atoms with van der Waals surface area (Å²) in [4.78, 5) is 36.2. The molecule has 0 aliphatic carbocycles. The van der Waals surface area contributed by atoms with Gasteiger partial charge in [-0.3, -0.25) is 14.5 Å². The number of rotatable bonds is 1. The van der Waals surface area contributed by atoms with Crippen molar-refractivity contribution >= 4 is 23.6 Å². The van der Waals surface area contributed by atoms with Gasteiger partial charge >= 0.3 is 6.09 Å². The lowest BCUT2D eigenvalue weighted by Gasteiger charge is -2.33. The van der Waals surface area contributed by atoms with Gasteiger partial charge in [-0.05, 0) is 24.5 Å². The number of fused-ring (bicyclic) bond motifs is 1. The number of carbonyl (C=O) groups excluding carboxylic acids is 2. The van der Waals surface area contributed by atoms with E-state index in [-0.39, 0.29) is 18.9 Å². The Hall–Kier alpha value is -2.57. The van der Waals surface area contributed by atoms with Gasteiger partial charge in [-0.25, -0.2) is 4.79 Å². The molecule has 2 aliphatic heterocycles. The van der Waals surface area contributed by atoms with E-state index in [9.17, 15) is 19.5 Å². The minimum absolute atomic E-state index is 0.0178. The van der Waals surface area contributed by atoms with Crippen LogP contribution in [0, 0.1) is 5.41 Å². The standard InChI is InChI=1S/C14H15N3O4/c15-11(18)10-6-14(7-17(10)13(20)21)5-8-3-1-2-4-9(8)16-12(14)19/h1-4,10H,5-7H2,(H2,15,18)(H,16,19)(H,20,21)/t10-,14-/m0/s1. The molecule has 1 spiro atoms. The van der Waals surface area contributed by atoms with Crippen molar-refractivity contribution in [1.29, 1.82) is 0 Å². The molecule has 0 radical (unpaired) electrons. The highest BCUT2D eigenvalue weighted by Crippen LogP contribution is 2.43. The second kappa shape index (κ2) is 4.47. The fraction of sp³-hybridized carbons (Fsp3) is 0.357. The maximum Gasteiger partial charge on any atom is 0.408 e. The normalized spacial score (nSPS) is 27.3. The van der Waals surface area contributed by atoms with E-state index in [4.69, 9.17) is 5.73 Å². The van der Waals surface area contributed by atoms with Crippen molar-refractivity contribution in [3.05, 3.63) is 29.8 Å². The Morgan fingerprint density at radius 3 is 2.71 bits per heavy atom. The Bertz CT molecular complexity index is 621. The maximum absolute atomic E-state index is 12.4. The molecule has 4 N–H and O–H groups in total. The third-order valence-electron chi connectivity index (χ3n) is 4.28. The molecule has 0 bridgehead atoms. The maximum atomic E-state index is 12.4. The van der Waals surface area contributed by atoms with E-state index in [1.54, 1.807) is 6.07 Å². The molecule has 1 saturated heterocycles. The first kappa shape index (κ1) is 13.4. The number of para-hydroxylation sites is 1. The molecule has 110 valence electrons. The fourth-order valence-corrected chi connectivity index (χ4v) is 3.22. The lowest BCUT2D eigenvalue weighted by molar-refractivity contribution is -0.125. The summed E-state index contributed by atoms with van der Waals surface area (Å²) in [5.41, 5.74) is 6.03. The van der Waals surface area contributed by atoms with Gasteiger partial charge in [-0.15, -0.1) is 0 Å². The van der Waals surface area contributed by atoms with Crippen LogP contribution in [0.15, 0.2) is 24.3 Å². The number of carbonyl (C=O) groups is 3. The van der Waals surface area contributed by atoms with E-state index in [0.717, 1.165) is 16.2 Å². The molecule has 2 atom stereocenters. The number of nitrogens with zero attached hydrogens (tertiary/aromatic N) is 1. The molecule has 3 amide bonds. The largest absolute Gasteiger partial charge is 0.465 e. The number of amides is 3. The number of hydrogen-bond donors (Lipinski definition) is 3. The van der Waals surface area contributed by atoms with Gasteiger partial charge in [0.1, 0.15) is 6.04 Å². The van der Waals surface area contributed by atoms with E-state index in [2.05, 4.69) is 5.32 Å². The highest BCUT2D eigenvalue weighted by atomic mass is 16.4. The SMILES string of the molecule is NC(=O)[C@@H]1C[C@@]2(Cc3ccccc3NC2=O)CN1C(=O)O. The summed E-state index contributed by atoms with van der Waals surface area (Å²) in [5.74, 6) is -0.975. The third kappa shape index (κ3) is 2.01. The molecule has 3 rings (SSSR count). The van der Waals surface area contributed by atoms with Crippen molar-refractivity contribution in [2.24, 2.45) is 11.1 Å². The average molecular weight is 289 g/mol. The summed E-state index contributed by atoms with van der Waals surface area (Å²) in [6.07, 6.45) is -0.709. The summed E-state index contributed by atoms with van der Waals surface area (Å²) in [7, 11) is 0. The number of hydrogen-bond acceptors (Lipinski definition) is 3. The van der Waals surface area contributed by atoms with E-state index >= 15 is 0 Å². The van der Waals surface area contributed by atoms with E-state index < -0.39 is 23.5 Å². The summed E-state index contributed by atoms with van der Waals surface area (Å²) in [6, 6.07) is 6.41. The molecule has 0 saturated carbocycles. The van der Waals surface area contributed by atoms with Crippen LogP contribution in [0.4, 0.5) is 10.5 Å². The van der Waals surface area contributed by atoms with Gasteiger partial charge in [0, 0.05) is 12.2 Å². The van der Waals surface area contributed by atoms with Gasteiger partial charge in [0.25, 0.3) is 0 Å². The summed E-state index contributed by atoms with van der Waals surface area (Å²) in [5, 5.41) is 12.0. The summed E-state index contributed by atoms with van der Waals surface area (Å²) < 4.78 is 0. The van der Waals surface area contributed by atoms with Gasteiger partial charge < -0.3 is 16.2 Å². The van der Waals surface area contributed by atoms with E-state index in [0.29, 0.717) is 6.42 Å². The molecule has 7 nitrogen and oxygen atoms in total.